The van der Waals surface area contributed by atoms with E-state index in [9.17, 15) is 19.6 Å². The maximum atomic E-state index is 13.4. The minimum atomic E-state index is -1.19. The number of cyclic esters (lactones) is 1. The van der Waals surface area contributed by atoms with Crippen molar-refractivity contribution in [1.82, 2.24) is 10.2 Å². The first kappa shape index (κ1) is 33.3. The third-order valence-electron chi connectivity index (χ3n) is 9.72. The van der Waals surface area contributed by atoms with Gasteiger partial charge in [0, 0.05) is 61.0 Å². The standard InChI is InChI=1S/C34H37N3O11S/c1-14-7-18-8-19-20(9-35)37-21-10-43-34(40)22(47-16(3)38)11-49-33(27(37)26(36-19)23(18)31(28(14)42-6)44-12-41-5)25-24(21)32-30(45-13-46-32)15(2)29(25)48-17(4)39/h7,19-22,26-27,33,36H,8,10-13H2,1-6H3/t19-,20-,21-,22-,26-,27?,33+/m0/s1. The summed E-state index contributed by atoms with van der Waals surface area (Å²) in [5.41, 5.74) is 4.60. The van der Waals surface area contributed by atoms with Crippen LogP contribution in [-0.2, 0) is 35.0 Å². The third-order valence-corrected chi connectivity index (χ3v) is 11.1. The fourth-order valence-corrected chi connectivity index (χ4v) is 9.56. The summed E-state index contributed by atoms with van der Waals surface area (Å²) in [7, 11) is 3.13. The van der Waals surface area contributed by atoms with Crippen molar-refractivity contribution in [3.05, 3.63) is 39.4 Å². The monoisotopic (exact) mass is 695 g/mol. The lowest BCUT2D eigenvalue weighted by Gasteiger charge is -2.59. The van der Waals surface area contributed by atoms with E-state index >= 15 is 0 Å². The highest BCUT2D eigenvalue weighted by atomic mass is 32.2. The van der Waals surface area contributed by atoms with E-state index in [1.165, 1.54) is 25.6 Å². The zero-order chi connectivity index (χ0) is 34.7. The summed E-state index contributed by atoms with van der Waals surface area (Å²) in [4.78, 5) is 40.3. The van der Waals surface area contributed by atoms with Crippen molar-refractivity contribution in [3.8, 4) is 34.8 Å². The number of ether oxygens (including phenoxy) is 8. The first-order valence-corrected chi connectivity index (χ1v) is 17.0. The van der Waals surface area contributed by atoms with Crippen LogP contribution < -0.4 is 29.0 Å². The summed E-state index contributed by atoms with van der Waals surface area (Å²) in [6.07, 6.45) is -0.679. The molecule has 0 amide bonds. The molecule has 7 atom stereocenters. The Balaban J connectivity index is 1.52. The van der Waals surface area contributed by atoms with Gasteiger partial charge in [-0.25, -0.2) is 4.79 Å². The second-order valence-corrected chi connectivity index (χ2v) is 13.8. The molecule has 2 aromatic rings. The largest absolute Gasteiger partial charge is 0.493 e. The second kappa shape index (κ2) is 12.9. The number of piperazine rings is 1. The van der Waals surface area contributed by atoms with Crippen LogP contribution in [-0.4, -0.2) is 87.2 Å². The number of aryl methyl sites for hydroxylation is 1. The molecular weight excluding hydrogens is 658 g/mol. The van der Waals surface area contributed by atoms with Crippen molar-refractivity contribution in [2.45, 2.75) is 75.7 Å². The molecule has 0 aliphatic carbocycles. The van der Waals surface area contributed by atoms with Gasteiger partial charge < -0.3 is 43.2 Å². The molecule has 2 fully saturated rings. The number of hydrogen-bond donors (Lipinski definition) is 1. The van der Waals surface area contributed by atoms with Crippen molar-refractivity contribution >= 4 is 29.7 Å². The van der Waals surface area contributed by atoms with Gasteiger partial charge >= 0.3 is 17.9 Å². The first-order chi connectivity index (χ1) is 23.6. The number of benzene rings is 2. The third kappa shape index (κ3) is 5.32. The molecule has 0 saturated carbocycles. The van der Waals surface area contributed by atoms with Gasteiger partial charge in [0.25, 0.3) is 0 Å². The van der Waals surface area contributed by atoms with Crippen molar-refractivity contribution in [2.24, 2.45) is 0 Å². The van der Waals surface area contributed by atoms with Crippen LogP contribution in [0.2, 0.25) is 0 Å². The van der Waals surface area contributed by atoms with E-state index in [1.807, 2.05) is 6.92 Å². The van der Waals surface area contributed by atoms with Crippen molar-refractivity contribution in [3.63, 3.8) is 0 Å². The molecule has 260 valence electrons. The molecule has 5 heterocycles. The molecule has 1 unspecified atom stereocenters. The Kier molecular flexibility index (Phi) is 8.76. The summed E-state index contributed by atoms with van der Waals surface area (Å²) >= 11 is 1.35. The van der Waals surface area contributed by atoms with Crippen molar-refractivity contribution in [1.29, 1.82) is 5.26 Å². The zero-order valence-corrected chi connectivity index (χ0v) is 28.8. The number of nitrogens with zero attached hydrogens (tertiary/aromatic N) is 2. The van der Waals surface area contributed by atoms with E-state index in [0.29, 0.717) is 51.9 Å². The van der Waals surface area contributed by atoms with Gasteiger partial charge in [-0.15, -0.1) is 11.8 Å². The highest BCUT2D eigenvalue weighted by Gasteiger charge is 2.59. The zero-order valence-electron chi connectivity index (χ0n) is 27.9. The van der Waals surface area contributed by atoms with Gasteiger partial charge in [0.2, 0.25) is 12.9 Å². The van der Waals surface area contributed by atoms with Gasteiger partial charge in [0.05, 0.1) is 30.5 Å². The Hall–Kier alpha value is -4.23. The number of fused-ring (bicyclic) bond motifs is 9. The Morgan fingerprint density at radius 2 is 1.84 bits per heavy atom. The van der Waals surface area contributed by atoms with Crippen LogP contribution in [0.5, 0.6) is 28.7 Å². The van der Waals surface area contributed by atoms with Crippen molar-refractivity contribution in [2.75, 3.05) is 40.2 Å². The molecule has 0 aromatic heterocycles. The Morgan fingerprint density at radius 1 is 1.06 bits per heavy atom. The molecule has 0 spiro atoms. The Labute approximate surface area is 287 Å². The van der Waals surface area contributed by atoms with Gasteiger partial charge in [-0.05, 0) is 31.4 Å². The second-order valence-electron chi connectivity index (χ2n) is 12.6. The van der Waals surface area contributed by atoms with Gasteiger partial charge in [0.15, 0.2) is 29.8 Å². The van der Waals surface area contributed by atoms with E-state index < -0.39 is 53.4 Å². The normalized spacial score (nSPS) is 27.9. The average molecular weight is 696 g/mol. The molecule has 5 aliphatic rings. The molecule has 14 nitrogen and oxygen atoms in total. The Bertz CT molecular complexity index is 1780. The maximum absolute atomic E-state index is 13.4. The SMILES string of the molecule is COCOc1c(OC)c(C)cc2c1[C@@H]1N[C@@H](C2)[C@H](C#N)N2C1[C@@H]1SC[C@H](OC(C)=O)C(=O)OC[C@H]2c2c3c(c(C)c(OC(C)=O)c21)OCO3. The number of nitrogens with one attached hydrogen (secondary N) is 1. The number of thioether (sulfide) groups is 1. The quantitative estimate of drug-likeness (QED) is 0.266. The van der Waals surface area contributed by atoms with Crippen LogP contribution in [0.25, 0.3) is 0 Å². The van der Waals surface area contributed by atoms with E-state index in [0.717, 1.165) is 16.7 Å². The summed E-state index contributed by atoms with van der Waals surface area (Å²) in [6, 6.07) is 1.94. The minimum Gasteiger partial charge on any atom is -0.493 e. The molecule has 49 heavy (non-hydrogen) atoms. The lowest BCUT2D eigenvalue weighted by atomic mass is 9.72. The predicted molar refractivity (Wildman–Crippen MR) is 172 cm³/mol. The fraction of sp³-hybridized carbons (Fsp3) is 0.529. The molecule has 1 N–H and O–H groups in total. The molecule has 4 bridgehead atoms. The summed E-state index contributed by atoms with van der Waals surface area (Å²) in [5.74, 6) is 0.450. The van der Waals surface area contributed by atoms with Gasteiger partial charge in [-0.3, -0.25) is 14.5 Å². The lowest BCUT2D eigenvalue weighted by Crippen LogP contribution is -2.69. The van der Waals surface area contributed by atoms with E-state index in [4.69, 9.17) is 37.9 Å². The maximum Gasteiger partial charge on any atom is 0.348 e. The summed E-state index contributed by atoms with van der Waals surface area (Å²) in [5, 5.41) is 14.1. The molecule has 7 rings (SSSR count). The van der Waals surface area contributed by atoms with Crippen LogP contribution in [0.15, 0.2) is 6.07 Å². The number of methoxy groups -OCH3 is 2. The van der Waals surface area contributed by atoms with E-state index in [1.54, 1.807) is 21.1 Å². The number of rotatable bonds is 6. The number of nitriles is 1. The Morgan fingerprint density at radius 3 is 2.53 bits per heavy atom. The predicted octanol–water partition coefficient (Wildman–Crippen LogP) is 3.10. The molecule has 0 radical (unpaired) electrons. The van der Waals surface area contributed by atoms with Crippen LogP contribution >= 0.6 is 11.8 Å². The number of carbonyl (C=O) groups is 3. The van der Waals surface area contributed by atoms with Crippen molar-refractivity contribution < 1.29 is 52.3 Å². The smallest absolute Gasteiger partial charge is 0.348 e. The van der Waals surface area contributed by atoms with Gasteiger partial charge in [-0.1, -0.05) is 6.07 Å². The van der Waals surface area contributed by atoms with Gasteiger partial charge in [0.1, 0.15) is 18.4 Å². The van der Waals surface area contributed by atoms with Crippen LogP contribution in [0.3, 0.4) is 0 Å². The molecule has 2 saturated heterocycles. The van der Waals surface area contributed by atoms with Gasteiger partial charge in [-0.2, -0.15) is 5.26 Å². The molecule has 2 aromatic carbocycles. The van der Waals surface area contributed by atoms with Crippen LogP contribution in [0.1, 0.15) is 64.6 Å². The van der Waals surface area contributed by atoms with Crippen LogP contribution in [0, 0.1) is 25.2 Å². The number of hydrogen-bond acceptors (Lipinski definition) is 15. The first-order valence-electron chi connectivity index (χ1n) is 15.9. The lowest BCUT2D eigenvalue weighted by molar-refractivity contribution is -0.167. The highest BCUT2D eigenvalue weighted by Crippen LogP contribution is 2.62. The number of esters is 3. The topological polar surface area (TPSA) is 164 Å². The summed E-state index contributed by atoms with van der Waals surface area (Å²) < 4.78 is 46.8. The van der Waals surface area contributed by atoms with Crippen LogP contribution in [0.4, 0.5) is 0 Å². The summed E-state index contributed by atoms with van der Waals surface area (Å²) in [6.45, 7) is 6.03. The van der Waals surface area contributed by atoms with E-state index in [-0.39, 0.29) is 32.0 Å². The highest BCUT2D eigenvalue weighted by molar-refractivity contribution is 7.99. The minimum absolute atomic E-state index is 0.0228. The average Bonchev–Trinajstić information content (AvgIpc) is 3.56. The molecular formula is C34H37N3O11S. The van der Waals surface area contributed by atoms with E-state index in [2.05, 4.69) is 22.4 Å². The fourth-order valence-electron chi connectivity index (χ4n) is 8.08. The molecule has 15 heteroatoms. The number of carbonyl (C=O) groups excluding carboxylic acids is 3. The molecule has 5 aliphatic heterocycles.